The highest BCUT2D eigenvalue weighted by molar-refractivity contribution is 5.82. The van der Waals surface area contributed by atoms with Gasteiger partial charge in [-0.25, -0.2) is 9.59 Å². The normalized spacial score (nSPS) is 23.2. The van der Waals surface area contributed by atoms with Gasteiger partial charge in [0.05, 0.1) is 0 Å². The zero-order chi connectivity index (χ0) is 19.5. The molecule has 0 unspecified atom stereocenters. The summed E-state index contributed by atoms with van der Waals surface area (Å²) in [7, 11) is 0. The van der Waals surface area contributed by atoms with Crippen LogP contribution in [0.4, 0.5) is 9.59 Å². The number of hydrogen-bond donors (Lipinski definition) is 4. The number of unbranched alkanes of at least 4 members (excludes halogenated alkanes) is 10. The van der Waals surface area contributed by atoms with Crippen LogP contribution in [-0.2, 0) is 0 Å². The monoisotopic (exact) mass is 380 g/mol. The lowest BCUT2D eigenvalue weighted by Gasteiger charge is -2.53. The maximum absolute atomic E-state index is 12.0. The molecule has 2 heterocycles. The van der Waals surface area contributed by atoms with Gasteiger partial charge in [0, 0.05) is 5.41 Å². The van der Waals surface area contributed by atoms with Gasteiger partial charge in [0.15, 0.2) is 0 Å². The lowest BCUT2D eigenvalue weighted by Crippen LogP contribution is -2.80. The van der Waals surface area contributed by atoms with E-state index in [0.29, 0.717) is 0 Å². The van der Waals surface area contributed by atoms with Gasteiger partial charge in [-0.05, 0) is 12.8 Å². The molecule has 4 amide bonds. The zero-order valence-corrected chi connectivity index (χ0v) is 17.4. The first-order valence-electron chi connectivity index (χ1n) is 11.3. The van der Waals surface area contributed by atoms with Crippen LogP contribution < -0.4 is 21.3 Å². The summed E-state index contributed by atoms with van der Waals surface area (Å²) in [5.41, 5.74) is -0.142. The molecule has 0 aromatic carbocycles. The van der Waals surface area contributed by atoms with Crippen molar-refractivity contribution in [3.05, 3.63) is 0 Å². The fraction of sp³-hybridized carbons (Fsp3) is 0.905. The Morgan fingerprint density at radius 3 is 1.30 bits per heavy atom. The van der Waals surface area contributed by atoms with Gasteiger partial charge >= 0.3 is 12.1 Å². The molecule has 0 radical (unpaired) electrons. The molecule has 156 valence electrons. The predicted molar refractivity (Wildman–Crippen MR) is 109 cm³/mol. The molecule has 0 aromatic heterocycles. The van der Waals surface area contributed by atoms with E-state index in [1.165, 1.54) is 64.2 Å². The van der Waals surface area contributed by atoms with Crippen LogP contribution in [0.3, 0.4) is 0 Å². The molecule has 2 aliphatic rings. The summed E-state index contributed by atoms with van der Waals surface area (Å²) in [5, 5.41) is 11.9. The number of amides is 4. The number of carbonyl (C=O) groups is 2. The van der Waals surface area contributed by atoms with Gasteiger partial charge in [0.25, 0.3) is 0 Å². The Morgan fingerprint density at radius 1 is 0.593 bits per heavy atom. The summed E-state index contributed by atoms with van der Waals surface area (Å²) >= 11 is 0. The number of rotatable bonds is 14. The molecule has 2 rings (SSSR count). The van der Waals surface area contributed by atoms with Crippen molar-refractivity contribution in [1.29, 1.82) is 0 Å². The van der Waals surface area contributed by atoms with E-state index < -0.39 is 0 Å². The molecule has 6 heteroatoms. The number of urea groups is 2. The molecule has 4 N–H and O–H groups in total. The molecule has 0 atom stereocenters. The maximum Gasteiger partial charge on any atom is 0.318 e. The van der Waals surface area contributed by atoms with Gasteiger partial charge in [0.1, 0.15) is 12.3 Å². The van der Waals surface area contributed by atoms with Crippen LogP contribution in [0.25, 0.3) is 0 Å². The Balaban J connectivity index is 1.93. The van der Waals surface area contributed by atoms with E-state index >= 15 is 0 Å². The fourth-order valence-corrected chi connectivity index (χ4v) is 4.59. The SMILES string of the molecule is CCCCCCCCC1(CCCCCCCC)C2NC(=O)NC1NC(=O)N2. The average molecular weight is 381 g/mol. The molecule has 2 saturated heterocycles. The lowest BCUT2D eigenvalue weighted by molar-refractivity contribution is 0.0304. The second-order valence-corrected chi connectivity index (χ2v) is 8.37. The maximum atomic E-state index is 12.0. The standard InChI is InChI=1S/C21H40N4O2/c1-3-5-7-9-11-13-15-21(16-14-12-10-8-6-4-2)17-22-19(26)24-18(21)25-20(27)23-17/h17-18H,3-16H2,1-2H3,(H2,22,24,26)(H2,23,25,27). The lowest BCUT2D eigenvalue weighted by atomic mass is 9.70. The van der Waals surface area contributed by atoms with E-state index in [-0.39, 0.29) is 29.8 Å². The highest BCUT2D eigenvalue weighted by atomic mass is 16.2. The zero-order valence-electron chi connectivity index (χ0n) is 17.4. The van der Waals surface area contributed by atoms with Crippen molar-refractivity contribution in [2.24, 2.45) is 5.41 Å². The molecule has 2 bridgehead atoms. The molecular formula is C21H40N4O2. The Hall–Kier alpha value is -1.46. The van der Waals surface area contributed by atoms with E-state index in [9.17, 15) is 9.59 Å². The second-order valence-electron chi connectivity index (χ2n) is 8.37. The number of carbonyl (C=O) groups excluding carboxylic acids is 2. The molecule has 2 aliphatic heterocycles. The minimum atomic E-state index is -0.267. The molecule has 0 aliphatic carbocycles. The molecule has 0 aromatic rings. The van der Waals surface area contributed by atoms with Gasteiger partial charge in [-0.1, -0.05) is 90.9 Å². The van der Waals surface area contributed by atoms with Crippen molar-refractivity contribution < 1.29 is 9.59 Å². The summed E-state index contributed by atoms with van der Waals surface area (Å²) in [6.45, 7) is 4.48. The molecule has 0 spiro atoms. The van der Waals surface area contributed by atoms with E-state index in [1.807, 2.05) is 0 Å². The van der Waals surface area contributed by atoms with Gasteiger partial charge in [-0.2, -0.15) is 0 Å². The van der Waals surface area contributed by atoms with Crippen LogP contribution in [-0.4, -0.2) is 24.4 Å². The average Bonchev–Trinajstić information content (AvgIpc) is 2.62. The van der Waals surface area contributed by atoms with Crippen LogP contribution >= 0.6 is 0 Å². The van der Waals surface area contributed by atoms with Crippen molar-refractivity contribution in [3.63, 3.8) is 0 Å². The van der Waals surface area contributed by atoms with E-state index in [0.717, 1.165) is 25.7 Å². The van der Waals surface area contributed by atoms with Crippen molar-refractivity contribution in [1.82, 2.24) is 21.3 Å². The molecule has 0 saturated carbocycles. The minimum Gasteiger partial charge on any atom is -0.317 e. The highest BCUT2D eigenvalue weighted by Crippen LogP contribution is 2.40. The van der Waals surface area contributed by atoms with Crippen molar-refractivity contribution in [3.8, 4) is 0 Å². The molecular weight excluding hydrogens is 340 g/mol. The third-order valence-corrected chi connectivity index (χ3v) is 6.24. The Bertz CT molecular complexity index is 411. The number of hydrogen-bond acceptors (Lipinski definition) is 2. The summed E-state index contributed by atoms with van der Waals surface area (Å²) in [5.74, 6) is 0. The number of fused-ring (bicyclic) bond motifs is 2. The summed E-state index contributed by atoms with van der Waals surface area (Å²) in [6, 6.07) is -0.391. The molecule has 6 nitrogen and oxygen atoms in total. The van der Waals surface area contributed by atoms with Crippen LogP contribution in [0.5, 0.6) is 0 Å². The largest absolute Gasteiger partial charge is 0.318 e. The minimum absolute atomic E-state index is 0.142. The molecule has 27 heavy (non-hydrogen) atoms. The molecule has 2 fully saturated rings. The number of nitrogens with one attached hydrogen (secondary N) is 4. The van der Waals surface area contributed by atoms with Gasteiger partial charge in [0.2, 0.25) is 0 Å². The summed E-state index contributed by atoms with van der Waals surface area (Å²) < 4.78 is 0. The quantitative estimate of drug-likeness (QED) is 0.328. The van der Waals surface area contributed by atoms with Crippen LogP contribution in [0.15, 0.2) is 0 Å². The van der Waals surface area contributed by atoms with Gasteiger partial charge < -0.3 is 21.3 Å². The van der Waals surface area contributed by atoms with Gasteiger partial charge in [-0.15, -0.1) is 0 Å². The smallest absolute Gasteiger partial charge is 0.317 e. The Kier molecular flexibility index (Phi) is 9.22. The fourth-order valence-electron chi connectivity index (χ4n) is 4.59. The Morgan fingerprint density at radius 2 is 0.926 bits per heavy atom. The third kappa shape index (κ3) is 6.28. The highest BCUT2D eigenvalue weighted by Gasteiger charge is 2.53. The van der Waals surface area contributed by atoms with Crippen LogP contribution in [0.1, 0.15) is 104 Å². The van der Waals surface area contributed by atoms with Gasteiger partial charge in [-0.3, -0.25) is 0 Å². The van der Waals surface area contributed by atoms with Crippen molar-refractivity contribution >= 4 is 12.1 Å². The van der Waals surface area contributed by atoms with E-state index in [1.54, 1.807) is 0 Å². The first-order chi connectivity index (χ1) is 13.1. The van der Waals surface area contributed by atoms with E-state index in [2.05, 4.69) is 35.1 Å². The van der Waals surface area contributed by atoms with Crippen LogP contribution in [0.2, 0.25) is 0 Å². The van der Waals surface area contributed by atoms with E-state index in [4.69, 9.17) is 0 Å². The predicted octanol–water partition coefficient (Wildman–Crippen LogP) is 4.75. The Labute approximate surface area is 165 Å². The summed E-state index contributed by atoms with van der Waals surface area (Å²) in [4.78, 5) is 23.9. The third-order valence-electron chi connectivity index (χ3n) is 6.24. The first kappa shape index (κ1) is 21.8. The topological polar surface area (TPSA) is 82.3 Å². The summed E-state index contributed by atoms with van der Waals surface area (Å²) in [6.07, 6.45) is 16.5. The first-order valence-corrected chi connectivity index (χ1v) is 11.3. The van der Waals surface area contributed by atoms with Crippen molar-refractivity contribution in [2.45, 2.75) is 116 Å². The second kappa shape index (κ2) is 11.4. The van der Waals surface area contributed by atoms with Crippen molar-refractivity contribution in [2.75, 3.05) is 0 Å². The van der Waals surface area contributed by atoms with Crippen LogP contribution in [0, 0.1) is 5.41 Å².